The number of carbonyl (C=O) groups excluding carboxylic acids is 1. The second-order valence-corrected chi connectivity index (χ2v) is 7.49. The highest BCUT2D eigenvalue weighted by atomic mass is 16.5. The second kappa shape index (κ2) is 8.02. The third-order valence-corrected chi connectivity index (χ3v) is 5.33. The lowest BCUT2D eigenvalue weighted by Crippen LogP contribution is -2.57. The molecular formula is C21H24N4O5. The first-order valence-electron chi connectivity index (χ1n) is 9.71. The van der Waals surface area contributed by atoms with Crippen LogP contribution in [0.15, 0.2) is 48.5 Å². The Morgan fingerprint density at radius 2 is 2.03 bits per heavy atom. The SMILES string of the molecule is CC(=O)N[C@H]1[C@H]([C@H](O)[C@H](O)CO)OC(C)=C[C@@H]1n1cc2c(ccc3ncccc32)n1. The molecule has 3 aromatic rings. The Kier molecular flexibility index (Phi) is 5.42. The van der Waals surface area contributed by atoms with Crippen LogP contribution in [-0.4, -0.2) is 67.0 Å². The van der Waals surface area contributed by atoms with E-state index < -0.39 is 37.0 Å². The molecule has 158 valence electrons. The molecule has 9 nitrogen and oxygen atoms in total. The lowest BCUT2D eigenvalue weighted by atomic mass is 9.92. The van der Waals surface area contributed by atoms with Crippen molar-refractivity contribution in [2.75, 3.05) is 6.61 Å². The van der Waals surface area contributed by atoms with Crippen molar-refractivity contribution in [3.05, 3.63) is 48.5 Å². The van der Waals surface area contributed by atoms with E-state index in [0.717, 1.165) is 21.8 Å². The van der Waals surface area contributed by atoms with Crippen molar-refractivity contribution in [1.29, 1.82) is 0 Å². The lowest BCUT2D eigenvalue weighted by Gasteiger charge is -2.40. The number of ether oxygens (including phenoxy) is 1. The Balaban J connectivity index is 1.81. The third-order valence-electron chi connectivity index (χ3n) is 5.33. The Labute approximate surface area is 172 Å². The number of nitrogens with zero attached hydrogens (tertiary/aromatic N) is 3. The summed E-state index contributed by atoms with van der Waals surface area (Å²) in [5.41, 5.74) is 1.61. The number of benzene rings is 1. The first-order chi connectivity index (χ1) is 14.4. The van der Waals surface area contributed by atoms with Crippen LogP contribution in [0.2, 0.25) is 0 Å². The van der Waals surface area contributed by atoms with E-state index in [1.165, 1.54) is 6.92 Å². The van der Waals surface area contributed by atoms with E-state index in [9.17, 15) is 20.1 Å². The minimum absolute atomic E-state index is 0.316. The van der Waals surface area contributed by atoms with E-state index in [1.54, 1.807) is 17.8 Å². The maximum absolute atomic E-state index is 11.9. The molecule has 0 radical (unpaired) electrons. The molecule has 0 saturated heterocycles. The first-order valence-corrected chi connectivity index (χ1v) is 9.71. The van der Waals surface area contributed by atoms with E-state index in [-0.39, 0.29) is 5.91 Å². The van der Waals surface area contributed by atoms with Gasteiger partial charge in [0.1, 0.15) is 18.3 Å². The average Bonchev–Trinajstić information content (AvgIpc) is 3.18. The Hall–Kier alpha value is -3.01. The van der Waals surface area contributed by atoms with E-state index in [2.05, 4.69) is 15.4 Å². The van der Waals surface area contributed by atoms with Crippen LogP contribution in [0.3, 0.4) is 0 Å². The number of carbonyl (C=O) groups is 1. The predicted molar refractivity (Wildman–Crippen MR) is 109 cm³/mol. The molecule has 9 heteroatoms. The number of amides is 1. The fraction of sp³-hybridized carbons (Fsp3) is 0.381. The van der Waals surface area contributed by atoms with Crippen molar-refractivity contribution in [1.82, 2.24) is 20.1 Å². The molecule has 1 aromatic carbocycles. The molecule has 30 heavy (non-hydrogen) atoms. The van der Waals surface area contributed by atoms with Crippen LogP contribution in [0.4, 0.5) is 0 Å². The molecule has 0 unspecified atom stereocenters. The smallest absolute Gasteiger partial charge is 0.217 e. The van der Waals surface area contributed by atoms with Crippen molar-refractivity contribution < 1.29 is 24.9 Å². The van der Waals surface area contributed by atoms with Crippen LogP contribution in [0.5, 0.6) is 0 Å². The van der Waals surface area contributed by atoms with Crippen LogP contribution < -0.4 is 5.32 Å². The van der Waals surface area contributed by atoms with E-state index in [4.69, 9.17) is 4.74 Å². The summed E-state index contributed by atoms with van der Waals surface area (Å²) in [5.74, 6) is 0.200. The van der Waals surface area contributed by atoms with Crippen molar-refractivity contribution in [2.24, 2.45) is 0 Å². The van der Waals surface area contributed by atoms with Crippen molar-refractivity contribution in [2.45, 2.75) is 44.2 Å². The number of hydrogen-bond acceptors (Lipinski definition) is 7. The number of hydrogen-bond donors (Lipinski definition) is 4. The van der Waals surface area contributed by atoms with Crippen LogP contribution >= 0.6 is 0 Å². The van der Waals surface area contributed by atoms with Crippen LogP contribution in [0, 0.1) is 0 Å². The highest BCUT2D eigenvalue weighted by Gasteiger charge is 2.42. The molecule has 0 saturated carbocycles. The van der Waals surface area contributed by atoms with Crippen LogP contribution in [0.1, 0.15) is 19.9 Å². The minimum Gasteiger partial charge on any atom is -0.490 e. The molecule has 0 spiro atoms. The number of rotatable bonds is 5. The van der Waals surface area contributed by atoms with Gasteiger partial charge < -0.3 is 25.4 Å². The van der Waals surface area contributed by atoms with Crippen LogP contribution in [0.25, 0.3) is 21.8 Å². The number of aliphatic hydroxyl groups excluding tert-OH is 3. The molecule has 4 N–H and O–H groups in total. The van der Waals surface area contributed by atoms with E-state index >= 15 is 0 Å². The number of pyridine rings is 1. The number of aliphatic hydroxyl groups is 3. The summed E-state index contributed by atoms with van der Waals surface area (Å²) >= 11 is 0. The summed E-state index contributed by atoms with van der Waals surface area (Å²) in [7, 11) is 0. The Bertz CT molecular complexity index is 1110. The zero-order chi connectivity index (χ0) is 21.4. The molecule has 1 aliphatic rings. The monoisotopic (exact) mass is 412 g/mol. The van der Waals surface area contributed by atoms with Crippen LogP contribution in [-0.2, 0) is 9.53 Å². The lowest BCUT2D eigenvalue weighted by molar-refractivity contribution is -0.127. The first kappa shape index (κ1) is 20.3. The van der Waals surface area contributed by atoms with Gasteiger partial charge in [-0.3, -0.25) is 14.5 Å². The maximum Gasteiger partial charge on any atom is 0.217 e. The highest BCUT2D eigenvalue weighted by molar-refractivity contribution is 6.04. The maximum atomic E-state index is 11.9. The quantitative estimate of drug-likeness (QED) is 0.484. The molecular weight excluding hydrogens is 388 g/mol. The average molecular weight is 412 g/mol. The van der Waals surface area contributed by atoms with Crippen molar-refractivity contribution in [3.8, 4) is 0 Å². The molecule has 5 atom stereocenters. The summed E-state index contributed by atoms with van der Waals surface area (Å²) < 4.78 is 7.47. The fourth-order valence-corrected chi connectivity index (χ4v) is 3.94. The summed E-state index contributed by atoms with van der Waals surface area (Å²) in [6.07, 6.45) is 1.62. The van der Waals surface area contributed by atoms with Gasteiger partial charge in [0.25, 0.3) is 0 Å². The zero-order valence-corrected chi connectivity index (χ0v) is 16.6. The van der Waals surface area contributed by atoms with Crippen molar-refractivity contribution >= 4 is 27.7 Å². The van der Waals surface area contributed by atoms with Gasteiger partial charge in [0.15, 0.2) is 0 Å². The summed E-state index contributed by atoms with van der Waals surface area (Å²) in [5, 5.41) is 39.1. The number of nitrogens with one attached hydrogen (secondary N) is 1. The Morgan fingerprint density at radius 3 is 2.77 bits per heavy atom. The second-order valence-electron chi connectivity index (χ2n) is 7.49. The zero-order valence-electron chi connectivity index (χ0n) is 16.6. The van der Waals surface area contributed by atoms with Gasteiger partial charge in [-0.05, 0) is 31.2 Å². The predicted octanol–water partition coefficient (Wildman–Crippen LogP) is 0.647. The number of aromatic nitrogens is 3. The molecule has 1 amide bonds. The molecule has 4 rings (SSSR count). The van der Waals surface area contributed by atoms with E-state index in [1.807, 2.05) is 36.5 Å². The van der Waals surface area contributed by atoms with Gasteiger partial charge >= 0.3 is 0 Å². The van der Waals surface area contributed by atoms with Crippen molar-refractivity contribution in [3.63, 3.8) is 0 Å². The summed E-state index contributed by atoms with van der Waals surface area (Å²) in [6.45, 7) is 2.46. The number of fused-ring (bicyclic) bond motifs is 3. The summed E-state index contributed by atoms with van der Waals surface area (Å²) in [6, 6.07) is 6.41. The minimum atomic E-state index is -1.41. The molecule has 2 aromatic heterocycles. The standard InChI is InChI=1S/C21H24N4O5/c1-11-8-17(19(23-12(2)27)21(30-11)20(29)18(28)10-26)25-9-14-13-4-3-7-22-15(13)5-6-16(14)24-25/h3-9,17-21,26,28-29H,10H2,1-2H3,(H,23,27)/t17-,18+,19+,20+,21+/m0/s1. The molecule has 3 heterocycles. The summed E-state index contributed by atoms with van der Waals surface area (Å²) in [4.78, 5) is 16.3. The number of allylic oxidation sites excluding steroid dienone is 1. The van der Waals surface area contributed by atoms with Gasteiger partial charge in [0.2, 0.25) is 5.91 Å². The highest BCUT2D eigenvalue weighted by Crippen LogP contribution is 2.32. The van der Waals surface area contributed by atoms with Gasteiger partial charge in [0.05, 0.1) is 35.5 Å². The van der Waals surface area contributed by atoms with Gasteiger partial charge in [0, 0.05) is 30.1 Å². The largest absolute Gasteiger partial charge is 0.490 e. The molecule has 1 aliphatic heterocycles. The Morgan fingerprint density at radius 1 is 1.27 bits per heavy atom. The van der Waals surface area contributed by atoms with E-state index in [0.29, 0.717) is 5.76 Å². The van der Waals surface area contributed by atoms with Gasteiger partial charge in [-0.1, -0.05) is 6.07 Å². The molecule has 0 fully saturated rings. The van der Waals surface area contributed by atoms with Gasteiger partial charge in [-0.25, -0.2) is 0 Å². The fourth-order valence-electron chi connectivity index (χ4n) is 3.94. The topological polar surface area (TPSA) is 130 Å². The molecule has 0 aliphatic carbocycles. The normalized spacial score (nSPS) is 23.6. The third kappa shape index (κ3) is 3.62. The molecule has 0 bridgehead atoms. The van der Waals surface area contributed by atoms with Gasteiger partial charge in [-0.2, -0.15) is 5.10 Å². The van der Waals surface area contributed by atoms with Gasteiger partial charge in [-0.15, -0.1) is 0 Å².